The van der Waals surface area contributed by atoms with Gasteiger partial charge >= 0.3 is 0 Å². The molecule has 0 spiro atoms. The second-order valence-corrected chi connectivity index (χ2v) is 4.69. The van der Waals surface area contributed by atoms with Crippen LogP contribution in [0.1, 0.15) is 25.3 Å². The minimum atomic E-state index is 0.750. The molecule has 4 heteroatoms. The predicted octanol–water partition coefficient (Wildman–Crippen LogP) is 1.84. The molecule has 0 saturated heterocycles. The molecule has 1 fully saturated rings. The fourth-order valence-corrected chi connectivity index (χ4v) is 1.70. The third kappa shape index (κ3) is 2.96. The molecule has 0 unspecified atom stereocenters. The minimum absolute atomic E-state index is 0.750. The van der Waals surface area contributed by atoms with Crippen molar-refractivity contribution in [1.82, 2.24) is 15.3 Å². The molecule has 0 bridgehead atoms. The van der Waals surface area contributed by atoms with Crippen molar-refractivity contribution in [3.05, 3.63) is 18.0 Å². The quantitative estimate of drug-likeness (QED) is 0.593. The first kappa shape index (κ1) is 9.93. The Morgan fingerprint density at radius 3 is 2.71 bits per heavy atom. The lowest BCUT2D eigenvalue weighted by atomic mass is 10.3. The highest BCUT2D eigenvalue weighted by atomic mass is 32.2. The summed E-state index contributed by atoms with van der Waals surface area (Å²) in [4.78, 5) is 8.56. The molecular weight excluding hydrogens is 194 g/mol. The summed E-state index contributed by atoms with van der Waals surface area (Å²) in [5.74, 6) is 1.03. The Morgan fingerprint density at radius 1 is 1.43 bits per heavy atom. The number of nitrogens with one attached hydrogen (secondary N) is 1. The van der Waals surface area contributed by atoms with Crippen LogP contribution in [-0.4, -0.2) is 21.8 Å². The van der Waals surface area contributed by atoms with Crippen molar-refractivity contribution in [3.8, 4) is 0 Å². The van der Waals surface area contributed by atoms with E-state index in [0.717, 1.165) is 23.5 Å². The molecule has 0 amide bonds. The van der Waals surface area contributed by atoms with Gasteiger partial charge in [-0.2, -0.15) is 0 Å². The fourth-order valence-electron chi connectivity index (χ4n) is 1.19. The van der Waals surface area contributed by atoms with Crippen molar-refractivity contribution in [2.45, 2.75) is 37.5 Å². The van der Waals surface area contributed by atoms with Crippen molar-refractivity contribution in [2.75, 3.05) is 5.75 Å². The summed E-state index contributed by atoms with van der Waals surface area (Å²) in [5, 5.41) is 4.32. The lowest BCUT2D eigenvalue weighted by Gasteiger charge is -2.02. The van der Waals surface area contributed by atoms with Gasteiger partial charge in [-0.25, -0.2) is 9.97 Å². The zero-order valence-corrected chi connectivity index (χ0v) is 9.18. The zero-order valence-electron chi connectivity index (χ0n) is 8.36. The third-order valence-electron chi connectivity index (χ3n) is 2.13. The Kier molecular flexibility index (Phi) is 3.37. The number of hydrogen-bond donors (Lipinski definition) is 1. The normalized spacial score (nSPS) is 15.8. The Hall–Kier alpha value is -0.610. The van der Waals surface area contributed by atoms with Crippen LogP contribution in [0.25, 0.3) is 0 Å². The largest absolute Gasteiger partial charge is 0.310 e. The first-order valence-corrected chi connectivity index (χ1v) is 6.04. The molecule has 14 heavy (non-hydrogen) atoms. The molecule has 1 N–H and O–H groups in total. The van der Waals surface area contributed by atoms with Gasteiger partial charge in [0.15, 0.2) is 5.16 Å². The van der Waals surface area contributed by atoms with Gasteiger partial charge in [0.25, 0.3) is 0 Å². The maximum Gasteiger partial charge on any atom is 0.187 e. The molecule has 3 nitrogen and oxygen atoms in total. The van der Waals surface area contributed by atoms with E-state index >= 15 is 0 Å². The first-order valence-electron chi connectivity index (χ1n) is 5.05. The molecule has 0 aromatic carbocycles. The smallest absolute Gasteiger partial charge is 0.187 e. The molecule has 1 heterocycles. The van der Waals surface area contributed by atoms with Crippen LogP contribution in [0.5, 0.6) is 0 Å². The summed E-state index contributed by atoms with van der Waals surface area (Å²) < 4.78 is 0. The third-order valence-corrected chi connectivity index (χ3v) is 2.88. The van der Waals surface area contributed by atoms with Gasteiger partial charge < -0.3 is 5.32 Å². The Bertz CT molecular complexity index is 282. The number of nitrogens with zero attached hydrogens (tertiary/aromatic N) is 2. The summed E-state index contributed by atoms with van der Waals surface area (Å²) in [5.41, 5.74) is 1.18. The maximum atomic E-state index is 4.28. The van der Waals surface area contributed by atoms with E-state index in [9.17, 15) is 0 Å². The molecular formula is C10H15N3S. The molecule has 2 rings (SSSR count). The van der Waals surface area contributed by atoms with Crippen LogP contribution < -0.4 is 5.32 Å². The van der Waals surface area contributed by atoms with Crippen molar-refractivity contribution in [3.63, 3.8) is 0 Å². The summed E-state index contributed by atoms with van der Waals surface area (Å²) in [7, 11) is 0. The highest BCUT2D eigenvalue weighted by molar-refractivity contribution is 7.99. The van der Waals surface area contributed by atoms with Crippen LogP contribution in [0.4, 0.5) is 0 Å². The van der Waals surface area contributed by atoms with E-state index in [-0.39, 0.29) is 0 Å². The van der Waals surface area contributed by atoms with Crippen molar-refractivity contribution in [2.24, 2.45) is 0 Å². The molecule has 76 valence electrons. The Morgan fingerprint density at radius 2 is 2.14 bits per heavy atom. The molecule has 1 saturated carbocycles. The molecule has 0 atom stereocenters. The van der Waals surface area contributed by atoms with Gasteiger partial charge in [0.05, 0.1) is 0 Å². The molecule has 1 aromatic heterocycles. The van der Waals surface area contributed by atoms with Crippen molar-refractivity contribution < 1.29 is 0 Å². The number of hydrogen-bond acceptors (Lipinski definition) is 4. The highest BCUT2D eigenvalue weighted by Gasteiger charge is 2.19. The van der Waals surface area contributed by atoms with Crippen LogP contribution in [-0.2, 0) is 6.54 Å². The average Bonchev–Trinajstić information content (AvgIpc) is 3.01. The molecule has 1 aliphatic rings. The van der Waals surface area contributed by atoms with Gasteiger partial charge in [-0.3, -0.25) is 0 Å². The van der Waals surface area contributed by atoms with Gasteiger partial charge in [0, 0.05) is 30.5 Å². The highest BCUT2D eigenvalue weighted by Crippen LogP contribution is 2.19. The Labute approximate surface area is 88.7 Å². The first-order chi connectivity index (χ1) is 6.88. The lowest BCUT2D eigenvalue weighted by molar-refractivity contribution is 0.680. The number of thioether (sulfide) groups is 1. The molecule has 1 aromatic rings. The van der Waals surface area contributed by atoms with Crippen molar-refractivity contribution in [1.29, 1.82) is 0 Å². The Balaban J connectivity index is 1.84. The molecule has 0 aliphatic heterocycles. The van der Waals surface area contributed by atoms with Gasteiger partial charge in [0.2, 0.25) is 0 Å². The second-order valence-electron chi connectivity index (χ2n) is 3.46. The second kappa shape index (κ2) is 4.75. The van der Waals surface area contributed by atoms with E-state index < -0.39 is 0 Å². The average molecular weight is 209 g/mol. The van der Waals surface area contributed by atoms with Crippen LogP contribution >= 0.6 is 11.8 Å². The lowest BCUT2D eigenvalue weighted by Crippen LogP contribution is -2.15. The zero-order chi connectivity index (χ0) is 9.80. The topological polar surface area (TPSA) is 37.8 Å². The minimum Gasteiger partial charge on any atom is -0.310 e. The van der Waals surface area contributed by atoms with E-state index in [1.165, 1.54) is 18.4 Å². The van der Waals surface area contributed by atoms with E-state index in [1.54, 1.807) is 11.8 Å². The SMILES string of the molecule is CCSc1ncc(CNC2CC2)cn1. The van der Waals surface area contributed by atoms with E-state index in [0.29, 0.717) is 0 Å². The maximum absolute atomic E-state index is 4.28. The predicted molar refractivity (Wildman–Crippen MR) is 58.3 cm³/mol. The van der Waals surface area contributed by atoms with Gasteiger partial charge in [-0.15, -0.1) is 0 Å². The van der Waals surface area contributed by atoms with Crippen molar-refractivity contribution >= 4 is 11.8 Å². The fraction of sp³-hybridized carbons (Fsp3) is 0.600. The summed E-state index contributed by atoms with van der Waals surface area (Å²) >= 11 is 1.68. The van der Waals surface area contributed by atoms with Crippen LogP contribution in [0.3, 0.4) is 0 Å². The van der Waals surface area contributed by atoms with Crippen LogP contribution in [0, 0.1) is 0 Å². The van der Waals surface area contributed by atoms with E-state index in [1.807, 2.05) is 12.4 Å². The number of aromatic nitrogens is 2. The van der Waals surface area contributed by atoms with Gasteiger partial charge in [-0.05, 0) is 18.6 Å². The standard InChI is InChI=1S/C10H15N3S/c1-2-14-10-12-6-8(7-13-10)5-11-9-3-4-9/h6-7,9,11H,2-5H2,1H3. The summed E-state index contributed by atoms with van der Waals surface area (Å²) in [6, 6.07) is 0.750. The monoisotopic (exact) mass is 209 g/mol. The number of rotatable bonds is 5. The van der Waals surface area contributed by atoms with E-state index in [4.69, 9.17) is 0 Å². The summed E-state index contributed by atoms with van der Waals surface area (Å²) in [6.45, 7) is 3.01. The van der Waals surface area contributed by atoms with E-state index in [2.05, 4.69) is 22.2 Å². The van der Waals surface area contributed by atoms with Crippen LogP contribution in [0.2, 0.25) is 0 Å². The van der Waals surface area contributed by atoms with Gasteiger partial charge in [0.1, 0.15) is 0 Å². The molecule has 1 aliphatic carbocycles. The molecule has 0 radical (unpaired) electrons. The summed E-state index contributed by atoms with van der Waals surface area (Å²) in [6.07, 6.45) is 6.48. The van der Waals surface area contributed by atoms with Gasteiger partial charge in [-0.1, -0.05) is 18.7 Å². The van der Waals surface area contributed by atoms with Crippen LogP contribution in [0.15, 0.2) is 17.6 Å².